The molecule has 4 unspecified atom stereocenters. The number of nitrogens with zero attached hydrogens (tertiary/aromatic N) is 2. The second-order valence-electron chi connectivity index (χ2n) is 12.4. The summed E-state index contributed by atoms with van der Waals surface area (Å²) in [5.74, 6) is -2.31. The third kappa shape index (κ3) is 8.81. The molecule has 11 heteroatoms. The lowest BCUT2D eigenvalue weighted by Crippen LogP contribution is -2.53. The minimum absolute atomic E-state index is 0.0394. The highest BCUT2D eigenvalue weighted by Gasteiger charge is 2.43. The van der Waals surface area contributed by atoms with E-state index in [1.54, 1.807) is 18.2 Å². The number of para-hydroxylation sites is 1. The van der Waals surface area contributed by atoms with Crippen molar-refractivity contribution in [3.05, 3.63) is 114 Å². The van der Waals surface area contributed by atoms with E-state index in [1.807, 2.05) is 86.6 Å². The average molecular weight is 652 g/mol. The molecule has 5 rings (SSSR count). The number of nitrogens with two attached hydrogens (primary N) is 2. The number of amides is 4. The number of rotatable bonds is 14. The van der Waals surface area contributed by atoms with Crippen molar-refractivity contribution in [2.75, 3.05) is 6.61 Å². The topological polar surface area (TPSA) is 170 Å². The number of aromatic nitrogens is 1. The van der Waals surface area contributed by atoms with E-state index < -0.39 is 42.3 Å². The van der Waals surface area contributed by atoms with Crippen LogP contribution in [0.2, 0.25) is 0 Å². The van der Waals surface area contributed by atoms with E-state index in [1.165, 1.54) is 6.07 Å². The van der Waals surface area contributed by atoms with E-state index in [9.17, 15) is 19.2 Å². The first-order chi connectivity index (χ1) is 23.1. The number of imide groups is 1. The van der Waals surface area contributed by atoms with Crippen molar-refractivity contribution in [1.29, 1.82) is 0 Å². The molecule has 11 nitrogen and oxygen atoms in total. The molecular weight excluding hydrogens is 610 g/mol. The zero-order chi connectivity index (χ0) is 34.2. The van der Waals surface area contributed by atoms with Crippen LogP contribution in [0.3, 0.4) is 0 Å². The van der Waals surface area contributed by atoms with Gasteiger partial charge in [-0.25, -0.2) is 14.7 Å². The summed E-state index contributed by atoms with van der Waals surface area (Å²) < 4.78 is 11.5. The minimum atomic E-state index is -1.47. The van der Waals surface area contributed by atoms with Crippen LogP contribution in [0.4, 0.5) is 4.79 Å². The summed E-state index contributed by atoms with van der Waals surface area (Å²) in [7, 11) is 0. The Bertz CT molecular complexity index is 1730. The number of pyridine rings is 1. The Hall–Kier alpha value is -5.13. The maximum atomic E-state index is 14.4. The molecule has 250 valence electrons. The Morgan fingerprint density at radius 2 is 1.52 bits per heavy atom. The van der Waals surface area contributed by atoms with Gasteiger partial charge in [-0.15, -0.1) is 0 Å². The Morgan fingerprint density at radius 3 is 2.19 bits per heavy atom. The first-order valence-corrected chi connectivity index (χ1v) is 16.1. The van der Waals surface area contributed by atoms with Crippen LogP contribution < -0.4 is 16.8 Å². The van der Waals surface area contributed by atoms with Crippen LogP contribution in [-0.2, 0) is 19.1 Å². The van der Waals surface area contributed by atoms with E-state index in [0.29, 0.717) is 23.9 Å². The summed E-state index contributed by atoms with van der Waals surface area (Å²) in [6, 6.07) is 26.8. The number of epoxide rings is 1. The molecule has 5 atom stereocenters. The first-order valence-electron chi connectivity index (χ1n) is 16.1. The van der Waals surface area contributed by atoms with Gasteiger partial charge in [-0.2, -0.15) is 0 Å². The summed E-state index contributed by atoms with van der Waals surface area (Å²) in [5, 5.41) is 3.44. The minimum Gasteiger partial charge on any atom is -0.446 e. The molecule has 5 N–H and O–H groups in total. The molecule has 0 bridgehead atoms. The summed E-state index contributed by atoms with van der Waals surface area (Å²) in [6.45, 7) is 3.83. The monoisotopic (exact) mass is 651 g/mol. The molecule has 0 aliphatic carbocycles. The number of ether oxygens (including phenoxy) is 2. The van der Waals surface area contributed by atoms with Crippen molar-refractivity contribution in [1.82, 2.24) is 15.2 Å². The summed E-state index contributed by atoms with van der Waals surface area (Å²) in [5.41, 5.74) is 14.2. The fourth-order valence-electron chi connectivity index (χ4n) is 5.72. The predicted molar refractivity (Wildman–Crippen MR) is 180 cm³/mol. The lowest BCUT2D eigenvalue weighted by atomic mass is 9.95. The number of carbonyl (C=O) groups is 4. The van der Waals surface area contributed by atoms with Crippen LogP contribution in [0.5, 0.6) is 0 Å². The molecule has 0 saturated carbocycles. The maximum Gasteiger partial charge on any atom is 0.417 e. The van der Waals surface area contributed by atoms with Gasteiger partial charge in [-0.1, -0.05) is 98.8 Å². The van der Waals surface area contributed by atoms with E-state index in [-0.39, 0.29) is 36.5 Å². The number of primary amides is 1. The number of fused-ring (bicyclic) bond motifs is 1. The van der Waals surface area contributed by atoms with Gasteiger partial charge >= 0.3 is 6.09 Å². The molecule has 48 heavy (non-hydrogen) atoms. The molecule has 1 aliphatic heterocycles. The molecule has 1 saturated heterocycles. The van der Waals surface area contributed by atoms with Crippen LogP contribution in [0.1, 0.15) is 66.8 Å². The number of carbonyl (C=O) groups excluding carboxylic acids is 4. The largest absolute Gasteiger partial charge is 0.446 e. The standard InChI is InChI=1S/C37H41N5O6/c1-23(2)19-31(26-14-7-4-8-15-26)42(37(46)47-22-33-32(48-33)20-27(38)24-11-5-3-6-12-24)36(45)30(21-34(39)43)41-35(44)29-18-17-25-13-9-10-16-28(25)40-29/h3-18,23,27,30-33H,19-22,38H2,1-2H3,(H2,39,43)(H,41,44)/t27?,30-,31?,32?,33?/m0/s1. The van der Waals surface area contributed by atoms with Crippen LogP contribution in [0, 0.1) is 5.92 Å². The van der Waals surface area contributed by atoms with Gasteiger partial charge in [0.15, 0.2) is 0 Å². The number of nitrogens with one attached hydrogen (secondary N) is 1. The van der Waals surface area contributed by atoms with Crippen LogP contribution in [0.15, 0.2) is 97.1 Å². The van der Waals surface area contributed by atoms with Gasteiger partial charge in [-0.3, -0.25) is 14.4 Å². The molecule has 0 radical (unpaired) electrons. The van der Waals surface area contributed by atoms with Gasteiger partial charge in [0.1, 0.15) is 24.4 Å². The maximum absolute atomic E-state index is 14.4. The number of hydrogen-bond acceptors (Lipinski definition) is 8. The molecular formula is C37H41N5O6. The van der Waals surface area contributed by atoms with Crippen molar-refractivity contribution in [2.24, 2.45) is 17.4 Å². The highest BCUT2D eigenvalue weighted by atomic mass is 16.6. The third-order valence-corrected chi connectivity index (χ3v) is 8.24. The van der Waals surface area contributed by atoms with Gasteiger partial charge in [0, 0.05) is 11.4 Å². The average Bonchev–Trinajstić information content (AvgIpc) is 3.84. The van der Waals surface area contributed by atoms with Gasteiger partial charge in [0.25, 0.3) is 11.8 Å². The van der Waals surface area contributed by atoms with Gasteiger partial charge in [0.05, 0.1) is 24.1 Å². The number of benzene rings is 3. The highest BCUT2D eigenvalue weighted by molar-refractivity contribution is 6.02. The lowest BCUT2D eigenvalue weighted by molar-refractivity contribution is -0.136. The van der Waals surface area contributed by atoms with Crippen LogP contribution in [0.25, 0.3) is 10.9 Å². The normalized spacial score (nSPS) is 17.2. The predicted octanol–water partition coefficient (Wildman–Crippen LogP) is 4.82. The van der Waals surface area contributed by atoms with Crippen molar-refractivity contribution in [3.63, 3.8) is 0 Å². The van der Waals surface area contributed by atoms with E-state index >= 15 is 0 Å². The molecule has 3 aromatic carbocycles. The van der Waals surface area contributed by atoms with E-state index in [4.69, 9.17) is 20.9 Å². The fourth-order valence-corrected chi connectivity index (χ4v) is 5.72. The number of hydrogen-bond donors (Lipinski definition) is 3. The van der Waals surface area contributed by atoms with Crippen molar-refractivity contribution < 1.29 is 28.7 Å². The van der Waals surface area contributed by atoms with Gasteiger partial charge < -0.3 is 26.3 Å². The van der Waals surface area contributed by atoms with Crippen molar-refractivity contribution in [2.45, 2.75) is 63.4 Å². The second kappa shape index (κ2) is 15.6. The molecule has 2 heterocycles. The third-order valence-electron chi connectivity index (χ3n) is 8.24. The van der Waals surface area contributed by atoms with E-state index in [2.05, 4.69) is 10.3 Å². The SMILES string of the molecule is CC(C)CC(c1ccccc1)N(C(=O)OCC1OC1CC(N)c1ccccc1)C(=O)[C@H](CC(N)=O)NC(=O)c1ccc2ccccc2n1. The molecule has 0 spiro atoms. The summed E-state index contributed by atoms with van der Waals surface area (Å²) in [4.78, 5) is 59.3. The molecule has 1 aliphatic rings. The second-order valence-corrected chi connectivity index (χ2v) is 12.4. The zero-order valence-corrected chi connectivity index (χ0v) is 27.0. The molecule has 1 aromatic heterocycles. The highest BCUT2D eigenvalue weighted by Crippen LogP contribution is 2.33. The van der Waals surface area contributed by atoms with Crippen LogP contribution in [-0.4, -0.2) is 58.6 Å². The van der Waals surface area contributed by atoms with Gasteiger partial charge in [0.2, 0.25) is 5.91 Å². The van der Waals surface area contributed by atoms with Crippen molar-refractivity contribution >= 4 is 34.7 Å². The van der Waals surface area contributed by atoms with Gasteiger partial charge in [-0.05, 0) is 42.0 Å². The Morgan fingerprint density at radius 1 is 0.875 bits per heavy atom. The summed E-state index contributed by atoms with van der Waals surface area (Å²) >= 11 is 0. The zero-order valence-electron chi connectivity index (χ0n) is 27.0. The van der Waals surface area contributed by atoms with E-state index in [0.717, 1.165) is 15.8 Å². The summed E-state index contributed by atoms with van der Waals surface area (Å²) in [6.07, 6.45) is -1.15. The van der Waals surface area contributed by atoms with Crippen LogP contribution >= 0.6 is 0 Å². The van der Waals surface area contributed by atoms with Crippen molar-refractivity contribution in [3.8, 4) is 0 Å². The fraction of sp³-hybridized carbons (Fsp3) is 0.324. The Labute approximate surface area is 279 Å². The molecule has 4 amide bonds. The molecule has 1 fully saturated rings. The Balaban J connectivity index is 1.37. The quantitative estimate of drug-likeness (QED) is 0.163. The first kappa shape index (κ1) is 34.2. The molecule has 4 aromatic rings. The smallest absolute Gasteiger partial charge is 0.417 e. The lowest BCUT2D eigenvalue weighted by Gasteiger charge is -2.33. The Kier molecular flexibility index (Phi) is 11.1.